The second-order valence-corrected chi connectivity index (χ2v) is 8.88. The van der Waals surface area contributed by atoms with Crippen LogP contribution in [0.1, 0.15) is 17.3 Å². The lowest BCUT2D eigenvalue weighted by Gasteiger charge is -2.31. The van der Waals surface area contributed by atoms with Crippen LogP contribution in [-0.4, -0.2) is 68.3 Å². The van der Waals surface area contributed by atoms with Gasteiger partial charge in [0.25, 0.3) is 0 Å². The van der Waals surface area contributed by atoms with Crippen LogP contribution in [0.15, 0.2) is 47.4 Å². The van der Waals surface area contributed by atoms with Crippen molar-refractivity contribution in [3.8, 4) is 11.5 Å². The molecule has 0 aromatic heterocycles. The van der Waals surface area contributed by atoms with Gasteiger partial charge in [0.15, 0.2) is 0 Å². The van der Waals surface area contributed by atoms with Crippen LogP contribution in [0.2, 0.25) is 0 Å². The quantitative estimate of drug-likeness (QED) is 0.359. The number of ether oxygens (including phenoxy) is 2. The summed E-state index contributed by atoms with van der Waals surface area (Å²) in [7, 11) is -1.95. The summed E-state index contributed by atoms with van der Waals surface area (Å²) < 4.78 is 37.6. The Morgan fingerprint density at radius 1 is 1.10 bits per heavy atom. The van der Waals surface area contributed by atoms with Crippen molar-refractivity contribution in [2.45, 2.75) is 11.8 Å². The van der Waals surface area contributed by atoms with Crippen molar-refractivity contribution < 1.29 is 27.6 Å². The number of nitro groups is 1. The Morgan fingerprint density at radius 3 is 2.32 bits per heavy atom. The molecule has 0 radical (unpaired) electrons. The molecule has 0 aliphatic carbocycles. The number of piperazine rings is 1. The second-order valence-electron chi connectivity index (χ2n) is 6.94. The van der Waals surface area contributed by atoms with Gasteiger partial charge >= 0.3 is 11.7 Å². The van der Waals surface area contributed by atoms with Gasteiger partial charge in [-0.05, 0) is 50.4 Å². The van der Waals surface area contributed by atoms with E-state index in [4.69, 9.17) is 9.47 Å². The highest BCUT2D eigenvalue weighted by Gasteiger charge is 2.30. The predicted octanol–water partition coefficient (Wildman–Crippen LogP) is 2.50. The molecular weight excluding hydrogens is 426 g/mol. The molecule has 1 saturated heterocycles. The molecule has 1 fully saturated rings. The molecule has 0 bridgehead atoms. The molecule has 0 spiro atoms. The number of nitrogens with zero attached hydrogens (tertiary/aromatic N) is 3. The summed E-state index contributed by atoms with van der Waals surface area (Å²) in [6, 6.07) is 9.48. The average molecular weight is 449 g/mol. The van der Waals surface area contributed by atoms with E-state index >= 15 is 0 Å². The molecule has 0 unspecified atom stereocenters. The maximum Gasteiger partial charge on any atom is 0.338 e. The van der Waals surface area contributed by atoms with Gasteiger partial charge in [0.2, 0.25) is 15.8 Å². The highest BCUT2D eigenvalue weighted by molar-refractivity contribution is 7.89. The van der Waals surface area contributed by atoms with Gasteiger partial charge in [0.1, 0.15) is 5.75 Å². The fourth-order valence-corrected chi connectivity index (χ4v) is 4.51. The van der Waals surface area contributed by atoms with Gasteiger partial charge in [0.05, 0.1) is 22.0 Å². The van der Waals surface area contributed by atoms with Gasteiger partial charge in [0, 0.05) is 32.2 Å². The summed E-state index contributed by atoms with van der Waals surface area (Å²) in [5.74, 6) is -0.337. The molecule has 1 aliphatic heterocycles. The van der Waals surface area contributed by atoms with E-state index in [-0.39, 0.29) is 23.0 Å². The monoisotopic (exact) mass is 449 g/mol. The number of nitro benzene ring substituents is 1. The molecule has 3 rings (SSSR count). The van der Waals surface area contributed by atoms with Gasteiger partial charge in [-0.25, -0.2) is 13.2 Å². The zero-order valence-electron chi connectivity index (χ0n) is 17.2. The zero-order chi connectivity index (χ0) is 22.6. The number of rotatable bonds is 7. The topological polar surface area (TPSA) is 119 Å². The fraction of sp³-hybridized carbons (Fsp3) is 0.350. The molecular formula is C20H23N3O7S. The molecule has 11 heteroatoms. The first-order chi connectivity index (χ1) is 14.7. The third kappa shape index (κ3) is 5.19. The largest absolute Gasteiger partial charge is 0.462 e. The zero-order valence-corrected chi connectivity index (χ0v) is 18.0. The van der Waals surface area contributed by atoms with Crippen molar-refractivity contribution in [2.24, 2.45) is 0 Å². The number of benzene rings is 2. The molecule has 0 N–H and O–H groups in total. The lowest BCUT2D eigenvalue weighted by atomic mass is 10.2. The Hall–Kier alpha value is -3.02. The number of hydrogen-bond acceptors (Lipinski definition) is 8. The van der Waals surface area contributed by atoms with Crippen LogP contribution in [0.4, 0.5) is 5.69 Å². The first-order valence-corrected chi connectivity index (χ1v) is 11.1. The third-order valence-electron chi connectivity index (χ3n) is 4.82. The minimum Gasteiger partial charge on any atom is -0.462 e. The molecule has 31 heavy (non-hydrogen) atoms. The summed E-state index contributed by atoms with van der Waals surface area (Å²) in [6.45, 7) is 3.75. The van der Waals surface area contributed by atoms with Crippen LogP contribution >= 0.6 is 0 Å². The van der Waals surface area contributed by atoms with E-state index in [1.54, 1.807) is 6.92 Å². The second kappa shape index (κ2) is 9.41. The van der Waals surface area contributed by atoms with Gasteiger partial charge in [-0.15, -0.1) is 0 Å². The highest BCUT2D eigenvalue weighted by atomic mass is 32.2. The van der Waals surface area contributed by atoms with Gasteiger partial charge in [-0.3, -0.25) is 10.1 Å². The minimum absolute atomic E-state index is 0.105. The number of hydrogen-bond donors (Lipinski definition) is 0. The Bertz CT molecular complexity index is 1060. The fourth-order valence-electron chi connectivity index (χ4n) is 3.06. The van der Waals surface area contributed by atoms with E-state index in [1.165, 1.54) is 40.7 Å². The Kier molecular flexibility index (Phi) is 6.88. The first-order valence-electron chi connectivity index (χ1n) is 9.64. The van der Waals surface area contributed by atoms with Crippen LogP contribution in [0.3, 0.4) is 0 Å². The maximum atomic E-state index is 12.9. The molecule has 1 aliphatic rings. The van der Waals surface area contributed by atoms with Crippen molar-refractivity contribution in [3.63, 3.8) is 0 Å². The normalized spacial score (nSPS) is 15.4. The molecule has 2 aromatic carbocycles. The summed E-state index contributed by atoms with van der Waals surface area (Å²) in [5, 5.41) is 11.6. The average Bonchev–Trinajstić information content (AvgIpc) is 2.74. The SMILES string of the molecule is CCOC(=O)c1ccc(Oc2ccc(S(=O)(=O)N3CCN(C)CC3)cc2[N+](=O)[O-])cc1. The van der Waals surface area contributed by atoms with Crippen LogP contribution in [0.25, 0.3) is 0 Å². The van der Waals surface area contributed by atoms with E-state index in [2.05, 4.69) is 0 Å². The molecule has 1 heterocycles. The number of carbonyl (C=O) groups is 1. The number of likely N-dealkylation sites (N-methyl/N-ethyl adjacent to an activating group) is 1. The van der Waals surface area contributed by atoms with Crippen molar-refractivity contribution in [3.05, 3.63) is 58.1 Å². The number of carbonyl (C=O) groups excluding carboxylic acids is 1. The molecule has 166 valence electrons. The predicted molar refractivity (Wildman–Crippen MR) is 112 cm³/mol. The Labute approximate surface area is 180 Å². The van der Waals surface area contributed by atoms with Gasteiger partial charge in [-0.2, -0.15) is 4.31 Å². The van der Waals surface area contributed by atoms with Crippen LogP contribution in [-0.2, 0) is 14.8 Å². The summed E-state index contributed by atoms with van der Waals surface area (Å²) in [5.41, 5.74) is -0.151. The van der Waals surface area contributed by atoms with Crippen molar-refractivity contribution in [1.29, 1.82) is 0 Å². The molecule has 0 amide bonds. The van der Waals surface area contributed by atoms with Crippen LogP contribution in [0, 0.1) is 10.1 Å². The Balaban J connectivity index is 1.84. The molecule has 10 nitrogen and oxygen atoms in total. The summed E-state index contributed by atoms with van der Waals surface area (Å²) in [4.78, 5) is 24.5. The smallest absolute Gasteiger partial charge is 0.338 e. The van der Waals surface area contributed by atoms with Crippen LogP contribution in [0.5, 0.6) is 11.5 Å². The van der Waals surface area contributed by atoms with Gasteiger partial charge < -0.3 is 14.4 Å². The van der Waals surface area contributed by atoms with Crippen molar-refractivity contribution in [1.82, 2.24) is 9.21 Å². The standard InChI is InChI=1S/C20H23N3O7S/c1-3-29-20(24)15-4-6-16(7-5-15)30-19-9-8-17(14-18(19)23(25)26)31(27,28)22-12-10-21(2)11-13-22/h4-9,14H,3,10-13H2,1-2H3. The van der Waals surface area contributed by atoms with E-state index in [0.717, 1.165) is 6.07 Å². The molecule has 0 atom stereocenters. The van der Waals surface area contributed by atoms with Crippen molar-refractivity contribution >= 4 is 21.7 Å². The first kappa shape index (κ1) is 22.7. The lowest BCUT2D eigenvalue weighted by Crippen LogP contribution is -2.47. The minimum atomic E-state index is -3.86. The number of esters is 1. The maximum absolute atomic E-state index is 12.9. The molecule has 0 saturated carbocycles. The number of sulfonamides is 1. The van der Waals surface area contributed by atoms with E-state index in [0.29, 0.717) is 31.7 Å². The Morgan fingerprint density at radius 2 is 1.74 bits per heavy atom. The third-order valence-corrected chi connectivity index (χ3v) is 6.72. The van der Waals surface area contributed by atoms with E-state index in [1.807, 2.05) is 11.9 Å². The van der Waals surface area contributed by atoms with E-state index in [9.17, 15) is 23.3 Å². The lowest BCUT2D eigenvalue weighted by molar-refractivity contribution is -0.385. The highest BCUT2D eigenvalue weighted by Crippen LogP contribution is 2.34. The van der Waals surface area contributed by atoms with Crippen molar-refractivity contribution in [2.75, 3.05) is 39.8 Å². The summed E-state index contributed by atoms with van der Waals surface area (Å²) >= 11 is 0. The molecule has 2 aromatic rings. The van der Waals surface area contributed by atoms with Crippen LogP contribution < -0.4 is 4.74 Å². The van der Waals surface area contributed by atoms with E-state index < -0.39 is 26.6 Å². The summed E-state index contributed by atoms with van der Waals surface area (Å²) in [6.07, 6.45) is 0. The van der Waals surface area contributed by atoms with Gasteiger partial charge in [-0.1, -0.05) is 0 Å².